The lowest BCUT2D eigenvalue weighted by atomic mass is 9.86. The largest absolute Gasteiger partial charge is 0.493 e. The zero-order chi connectivity index (χ0) is 30.0. The summed E-state index contributed by atoms with van der Waals surface area (Å²) in [5.41, 5.74) is 3.81. The van der Waals surface area contributed by atoms with Gasteiger partial charge in [-0.25, -0.2) is 0 Å². The number of carbonyl (C=O) groups excluding carboxylic acids is 3. The lowest BCUT2D eigenvalue weighted by Gasteiger charge is -2.38. The highest BCUT2D eigenvalue weighted by Crippen LogP contribution is 2.44. The number of nitrogens with zero attached hydrogens (tertiary/aromatic N) is 2. The smallest absolute Gasteiger partial charge is 0.254 e. The first-order valence-corrected chi connectivity index (χ1v) is 14.7. The molecule has 5 rings (SSSR count). The molecule has 220 valence electrons. The number of ether oxygens (including phenoxy) is 2. The average Bonchev–Trinajstić information content (AvgIpc) is 3.50. The zero-order valence-electron chi connectivity index (χ0n) is 24.4. The second-order valence-electron chi connectivity index (χ2n) is 10.8. The Morgan fingerprint density at radius 1 is 1.07 bits per heavy atom. The third kappa shape index (κ3) is 5.68. The molecule has 1 saturated heterocycles. The summed E-state index contributed by atoms with van der Waals surface area (Å²) in [6, 6.07) is 17.5. The molecule has 3 atom stereocenters. The Kier molecular flexibility index (Phi) is 8.73. The molecule has 3 amide bonds. The Labute approximate surface area is 251 Å². The van der Waals surface area contributed by atoms with E-state index in [0.717, 1.165) is 29.5 Å². The van der Waals surface area contributed by atoms with Crippen LogP contribution in [0.2, 0.25) is 5.02 Å². The number of likely N-dealkylation sites (N-methyl/N-ethyl adjacent to an activating group) is 1. The molecule has 0 aliphatic carbocycles. The van der Waals surface area contributed by atoms with Crippen LogP contribution in [0.4, 0.5) is 5.69 Å². The van der Waals surface area contributed by atoms with Gasteiger partial charge in [0, 0.05) is 29.9 Å². The lowest BCUT2D eigenvalue weighted by molar-refractivity contribution is -0.124. The number of benzene rings is 3. The highest BCUT2D eigenvalue weighted by molar-refractivity contribution is 6.30. The number of methoxy groups -OCH3 is 1. The second kappa shape index (κ2) is 12.4. The number of fused-ring (bicyclic) bond motifs is 1. The maximum absolute atomic E-state index is 13.8. The van der Waals surface area contributed by atoms with Crippen molar-refractivity contribution < 1.29 is 23.9 Å². The van der Waals surface area contributed by atoms with Crippen LogP contribution in [-0.4, -0.2) is 55.5 Å². The predicted molar refractivity (Wildman–Crippen MR) is 162 cm³/mol. The van der Waals surface area contributed by atoms with Crippen LogP contribution in [0.15, 0.2) is 60.7 Å². The van der Waals surface area contributed by atoms with E-state index in [-0.39, 0.29) is 30.2 Å². The van der Waals surface area contributed by atoms with Gasteiger partial charge >= 0.3 is 0 Å². The summed E-state index contributed by atoms with van der Waals surface area (Å²) in [6.07, 6.45) is 2.41. The van der Waals surface area contributed by atoms with Crippen molar-refractivity contribution in [2.24, 2.45) is 0 Å². The first-order chi connectivity index (χ1) is 20.2. The van der Waals surface area contributed by atoms with Gasteiger partial charge in [-0.3, -0.25) is 14.4 Å². The average molecular weight is 590 g/mol. The molecule has 1 N–H and O–H groups in total. The van der Waals surface area contributed by atoms with Crippen molar-refractivity contribution in [3.05, 3.63) is 87.9 Å². The van der Waals surface area contributed by atoms with Crippen molar-refractivity contribution in [3.63, 3.8) is 0 Å². The third-order valence-corrected chi connectivity index (χ3v) is 8.38. The molecule has 2 heterocycles. The van der Waals surface area contributed by atoms with Crippen molar-refractivity contribution in [1.29, 1.82) is 0 Å². The molecule has 3 aromatic carbocycles. The molecule has 2 aliphatic heterocycles. The number of amides is 3. The van der Waals surface area contributed by atoms with Gasteiger partial charge in [-0.15, -0.1) is 0 Å². The van der Waals surface area contributed by atoms with Crippen LogP contribution < -0.4 is 19.7 Å². The fraction of sp³-hybridized carbons (Fsp3) is 0.364. The monoisotopic (exact) mass is 589 g/mol. The van der Waals surface area contributed by atoms with Gasteiger partial charge in [0.1, 0.15) is 6.04 Å². The normalized spacial score (nSPS) is 18.8. The number of halogens is 1. The summed E-state index contributed by atoms with van der Waals surface area (Å²) in [4.78, 5) is 42.9. The standard InChI is InChI=1S/C33H36ClN3O5/c1-5-20(2)42-29-19-26-23(17-28(29)41-4)18-30(38)37(31(26)21-8-12-24(34)13-9-21)25-14-10-22(11-15-25)33(40)36-16-6-7-27(36)32(39)35-3/h8-15,17,19-20,27,31H,5-7,16,18H2,1-4H3,(H,35,39)/t20-,27+,31?/m1/s1. The Bertz CT molecular complexity index is 1470. The Morgan fingerprint density at radius 3 is 2.43 bits per heavy atom. The van der Waals surface area contributed by atoms with Gasteiger partial charge in [0.2, 0.25) is 11.8 Å². The fourth-order valence-corrected chi connectivity index (χ4v) is 5.88. The number of anilines is 1. The van der Waals surface area contributed by atoms with E-state index in [2.05, 4.69) is 12.2 Å². The van der Waals surface area contributed by atoms with E-state index in [1.807, 2.05) is 43.3 Å². The molecular weight excluding hydrogens is 554 g/mol. The van der Waals surface area contributed by atoms with E-state index in [9.17, 15) is 14.4 Å². The van der Waals surface area contributed by atoms with Crippen molar-refractivity contribution in [2.75, 3.05) is 25.6 Å². The first-order valence-electron chi connectivity index (χ1n) is 14.3. The van der Waals surface area contributed by atoms with E-state index < -0.39 is 12.1 Å². The van der Waals surface area contributed by atoms with E-state index in [4.69, 9.17) is 21.1 Å². The van der Waals surface area contributed by atoms with Gasteiger partial charge in [-0.1, -0.05) is 30.7 Å². The number of likely N-dealkylation sites (tertiary alicyclic amines) is 1. The van der Waals surface area contributed by atoms with Gasteiger partial charge in [-0.2, -0.15) is 0 Å². The fourth-order valence-electron chi connectivity index (χ4n) is 5.75. The van der Waals surface area contributed by atoms with Crippen molar-refractivity contribution in [3.8, 4) is 11.5 Å². The molecule has 3 aromatic rings. The Hall–Kier alpha value is -4.04. The van der Waals surface area contributed by atoms with Crippen LogP contribution >= 0.6 is 11.6 Å². The topological polar surface area (TPSA) is 88.2 Å². The molecule has 0 saturated carbocycles. The van der Waals surface area contributed by atoms with Crippen LogP contribution in [0.25, 0.3) is 0 Å². The van der Waals surface area contributed by atoms with Gasteiger partial charge in [0.05, 0.1) is 25.7 Å². The molecule has 0 spiro atoms. The molecular formula is C33H36ClN3O5. The van der Waals surface area contributed by atoms with Crippen LogP contribution in [-0.2, 0) is 16.0 Å². The van der Waals surface area contributed by atoms with E-state index in [1.165, 1.54) is 0 Å². The first kappa shape index (κ1) is 29.5. The minimum atomic E-state index is -0.472. The van der Waals surface area contributed by atoms with Crippen LogP contribution in [0.3, 0.4) is 0 Å². The Morgan fingerprint density at radius 2 is 1.79 bits per heavy atom. The van der Waals surface area contributed by atoms with Crippen molar-refractivity contribution >= 4 is 35.0 Å². The summed E-state index contributed by atoms with van der Waals surface area (Å²) < 4.78 is 11.9. The molecule has 0 bridgehead atoms. The molecule has 8 nitrogen and oxygen atoms in total. The maximum Gasteiger partial charge on any atom is 0.254 e. The van der Waals surface area contributed by atoms with Crippen molar-refractivity contribution in [1.82, 2.24) is 10.2 Å². The maximum atomic E-state index is 13.8. The lowest BCUT2D eigenvalue weighted by Crippen LogP contribution is -2.45. The Balaban J connectivity index is 1.54. The van der Waals surface area contributed by atoms with Crippen molar-refractivity contribution in [2.45, 2.75) is 57.7 Å². The molecule has 0 radical (unpaired) electrons. The summed E-state index contributed by atoms with van der Waals surface area (Å²) in [7, 11) is 3.18. The molecule has 0 aromatic heterocycles. The summed E-state index contributed by atoms with van der Waals surface area (Å²) in [5.74, 6) is 0.768. The SMILES string of the molecule is CC[C@@H](C)Oc1cc2c(cc1OC)CC(=O)N(c1ccc(C(=O)N3CCC[C@H]3C(=O)NC)cc1)C2c1ccc(Cl)cc1. The van der Waals surface area contributed by atoms with Gasteiger partial charge < -0.3 is 24.6 Å². The van der Waals surface area contributed by atoms with Gasteiger partial charge in [0.15, 0.2) is 11.5 Å². The predicted octanol–water partition coefficient (Wildman–Crippen LogP) is 5.56. The third-order valence-electron chi connectivity index (χ3n) is 8.13. The zero-order valence-corrected chi connectivity index (χ0v) is 25.1. The quantitative estimate of drug-likeness (QED) is 0.372. The highest BCUT2D eigenvalue weighted by atomic mass is 35.5. The number of carbonyl (C=O) groups is 3. The molecule has 9 heteroatoms. The van der Waals surface area contributed by atoms with E-state index >= 15 is 0 Å². The van der Waals surface area contributed by atoms with Gasteiger partial charge in [-0.05, 0) is 91.4 Å². The number of nitrogens with one attached hydrogen (secondary N) is 1. The minimum Gasteiger partial charge on any atom is -0.493 e. The molecule has 42 heavy (non-hydrogen) atoms. The summed E-state index contributed by atoms with van der Waals surface area (Å²) >= 11 is 6.23. The van der Waals surface area contributed by atoms with Crippen LogP contribution in [0, 0.1) is 0 Å². The van der Waals surface area contributed by atoms with E-state index in [0.29, 0.717) is 40.7 Å². The summed E-state index contributed by atoms with van der Waals surface area (Å²) in [6.45, 7) is 4.60. The molecule has 2 aliphatic rings. The van der Waals surface area contributed by atoms with Gasteiger partial charge in [0.25, 0.3) is 5.91 Å². The summed E-state index contributed by atoms with van der Waals surface area (Å²) in [5, 5.41) is 3.25. The van der Waals surface area contributed by atoms with Crippen LogP contribution in [0.5, 0.6) is 11.5 Å². The molecule has 1 fully saturated rings. The minimum absolute atomic E-state index is 0.0176. The molecule has 1 unspecified atom stereocenters. The number of hydrogen-bond donors (Lipinski definition) is 1. The second-order valence-corrected chi connectivity index (χ2v) is 11.2. The van der Waals surface area contributed by atoms with Crippen LogP contribution in [0.1, 0.15) is 66.2 Å². The number of hydrogen-bond acceptors (Lipinski definition) is 5. The number of rotatable bonds is 8. The van der Waals surface area contributed by atoms with E-state index in [1.54, 1.807) is 48.2 Å². The highest BCUT2D eigenvalue weighted by Gasteiger charge is 2.37.